The molecule has 5 nitrogen and oxygen atoms in total. The van der Waals surface area contributed by atoms with E-state index in [2.05, 4.69) is 0 Å². The predicted molar refractivity (Wildman–Crippen MR) is 69.4 cm³/mol. The summed E-state index contributed by atoms with van der Waals surface area (Å²) in [5, 5.41) is 0. The van der Waals surface area contributed by atoms with E-state index in [1.54, 1.807) is 0 Å². The molecule has 0 saturated carbocycles. The fourth-order valence-corrected chi connectivity index (χ4v) is 2.39. The molecule has 0 unspecified atom stereocenters. The summed E-state index contributed by atoms with van der Waals surface area (Å²) in [6, 6.07) is 0. The largest absolute Gasteiger partial charge is 0.531 e. The molecule has 0 atom stereocenters. The van der Waals surface area contributed by atoms with E-state index in [1.807, 2.05) is 33.8 Å². The second-order valence-electron chi connectivity index (χ2n) is 6.30. The van der Waals surface area contributed by atoms with E-state index in [1.165, 1.54) is 0 Å². The first kappa shape index (κ1) is 13.4. The van der Waals surface area contributed by atoms with Crippen LogP contribution in [0.4, 0.5) is 0 Å². The van der Waals surface area contributed by atoms with Crippen LogP contribution >= 0.6 is 0 Å². The molecule has 6 heteroatoms. The van der Waals surface area contributed by atoms with Crippen LogP contribution in [0.3, 0.4) is 0 Å². The highest BCUT2D eigenvalue weighted by atomic mass is 16.8. The van der Waals surface area contributed by atoms with Gasteiger partial charge in [0.25, 0.3) is 0 Å². The molecule has 2 fully saturated rings. The first-order chi connectivity index (χ1) is 8.84. The summed E-state index contributed by atoms with van der Waals surface area (Å²) in [5.41, 5.74) is 0.0257. The Morgan fingerprint density at radius 3 is 2.05 bits per heavy atom. The van der Waals surface area contributed by atoms with Crippen LogP contribution in [0.2, 0.25) is 0 Å². The van der Waals surface area contributed by atoms with E-state index in [4.69, 9.17) is 23.5 Å². The third-order valence-corrected chi connectivity index (χ3v) is 4.37. The van der Waals surface area contributed by atoms with Crippen molar-refractivity contribution in [2.24, 2.45) is 0 Å². The molecular weight excluding hydrogens is 247 g/mol. The van der Waals surface area contributed by atoms with Crippen molar-refractivity contribution >= 4 is 7.12 Å². The van der Waals surface area contributed by atoms with Gasteiger partial charge in [-0.15, -0.1) is 0 Å². The van der Waals surface area contributed by atoms with E-state index in [0.29, 0.717) is 26.2 Å². The van der Waals surface area contributed by atoms with Crippen molar-refractivity contribution in [1.29, 1.82) is 0 Å². The van der Waals surface area contributed by atoms with Crippen molar-refractivity contribution in [3.8, 4) is 0 Å². The summed E-state index contributed by atoms with van der Waals surface area (Å²) in [7, 11) is -0.441. The molecule has 0 N–H and O–H groups in total. The molecule has 0 radical (unpaired) electrons. The first-order valence-corrected chi connectivity index (χ1v) is 6.80. The fourth-order valence-electron chi connectivity index (χ4n) is 2.39. The van der Waals surface area contributed by atoms with Gasteiger partial charge in [-0.3, -0.25) is 0 Å². The summed E-state index contributed by atoms with van der Waals surface area (Å²) in [6.07, 6.45) is 2.63. The molecule has 3 heterocycles. The summed E-state index contributed by atoms with van der Waals surface area (Å²) in [4.78, 5) is 0. The monoisotopic (exact) mass is 268 g/mol. The van der Waals surface area contributed by atoms with Gasteiger partial charge in [-0.1, -0.05) is 0 Å². The highest BCUT2D eigenvalue weighted by molar-refractivity contribution is 6.53. The molecule has 2 saturated heterocycles. The zero-order chi connectivity index (χ0) is 13.7. The van der Waals surface area contributed by atoms with Gasteiger partial charge in [0, 0.05) is 6.42 Å². The third kappa shape index (κ3) is 2.20. The molecule has 3 aliphatic rings. The molecule has 0 aromatic carbocycles. The normalized spacial score (nSPS) is 31.4. The summed E-state index contributed by atoms with van der Waals surface area (Å²) in [5.74, 6) is -0.590. The molecule has 0 aromatic rings. The first-order valence-electron chi connectivity index (χ1n) is 6.80. The molecule has 0 amide bonds. The zero-order valence-electron chi connectivity index (χ0n) is 12.0. The predicted octanol–water partition coefficient (Wildman–Crippen LogP) is 1.67. The summed E-state index contributed by atoms with van der Waals surface area (Å²) in [6.45, 7) is 9.76. The minimum atomic E-state index is -0.590. The van der Waals surface area contributed by atoms with Crippen LogP contribution in [0.15, 0.2) is 11.7 Å². The minimum absolute atomic E-state index is 0.350. The van der Waals surface area contributed by atoms with Crippen molar-refractivity contribution < 1.29 is 23.5 Å². The van der Waals surface area contributed by atoms with E-state index >= 15 is 0 Å². The maximum absolute atomic E-state index is 5.96. The Kier molecular flexibility index (Phi) is 2.98. The third-order valence-electron chi connectivity index (χ3n) is 4.37. The van der Waals surface area contributed by atoms with Crippen molar-refractivity contribution in [3.05, 3.63) is 11.7 Å². The van der Waals surface area contributed by atoms with E-state index < -0.39 is 12.9 Å². The standard InChI is InChI=1S/C13H21BO5/c1-11(2)12(3,4)19-14(18-11)10-5-6-13(9-15-10)16-7-8-17-13/h5H,6-9H2,1-4H3. The molecular formula is C13H21BO5. The lowest BCUT2D eigenvalue weighted by Gasteiger charge is -2.32. The Labute approximate surface area is 114 Å². The number of ether oxygens (including phenoxy) is 3. The van der Waals surface area contributed by atoms with Crippen molar-refractivity contribution in [3.63, 3.8) is 0 Å². The Balaban J connectivity index is 1.70. The Morgan fingerprint density at radius 1 is 1.00 bits per heavy atom. The Hall–Kier alpha value is -0.555. The lowest BCUT2D eigenvalue weighted by Crippen LogP contribution is -2.41. The second kappa shape index (κ2) is 4.22. The highest BCUT2D eigenvalue weighted by Crippen LogP contribution is 2.40. The van der Waals surface area contributed by atoms with Crippen LogP contribution in [-0.2, 0) is 23.5 Å². The van der Waals surface area contributed by atoms with E-state index in [9.17, 15) is 0 Å². The van der Waals surface area contributed by atoms with Gasteiger partial charge in [-0.25, -0.2) is 0 Å². The molecule has 106 valence electrons. The van der Waals surface area contributed by atoms with Gasteiger partial charge in [0.15, 0.2) is 0 Å². The van der Waals surface area contributed by atoms with Gasteiger partial charge in [0.05, 0.1) is 24.4 Å². The zero-order valence-corrected chi connectivity index (χ0v) is 12.0. The van der Waals surface area contributed by atoms with Gasteiger partial charge in [-0.2, -0.15) is 0 Å². The van der Waals surface area contributed by atoms with Crippen LogP contribution in [0.1, 0.15) is 34.1 Å². The molecule has 3 rings (SSSR count). The smallest absolute Gasteiger partial charge is 0.496 e. The molecule has 0 aromatic heterocycles. The van der Waals surface area contributed by atoms with Crippen LogP contribution in [0.5, 0.6) is 0 Å². The van der Waals surface area contributed by atoms with Gasteiger partial charge in [0.2, 0.25) is 5.79 Å². The van der Waals surface area contributed by atoms with E-state index in [0.717, 1.165) is 5.66 Å². The van der Waals surface area contributed by atoms with Crippen LogP contribution in [-0.4, -0.2) is 43.9 Å². The second-order valence-corrected chi connectivity index (χ2v) is 6.30. The maximum Gasteiger partial charge on any atom is 0.531 e. The Bertz CT molecular complexity index is 382. The average Bonchev–Trinajstić information content (AvgIpc) is 2.84. The highest BCUT2D eigenvalue weighted by Gasteiger charge is 2.54. The van der Waals surface area contributed by atoms with Gasteiger partial charge >= 0.3 is 7.12 Å². The van der Waals surface area contributed by atoms with Crippen molar-refractivity contribution in [2.45, 2.75) is 51.1 Å². The van der Waals surface area contributed by atoms with Gasteiger partial charge in [0.1, 0.15) is 12.3 Å². The van der Waals surface area contributed by atoms with Gasteiger partial charge < -0.3 is 23.5 Å². The minimum Gasteiger partial charge on any atom is -0.496 e. The quantitative estimate of drug-likeness (QED) is 0.677. The Morgan fingerprint density at radius 2 is 1.58 bits per heavy atom. The average molecular weight is 268 g/mol. The van der Waals surface area contributed by atoms with Crippen molar-refractivity contribution in [2.75, 3.05) is 19.8 Å². The fraction of sp³-hybridized carbons (Fsp3) is 0.846. The van der Waals surface area contributed by atoms with E-state index in [-0.39, 0.29) is 11.2 Å². The molecule has 0 aliphatic carbocycles. The number of hydrogen-bond acceptors (Lipinski definition) is 5. The number of rotatable bonds is 1. The maximum atomic E-state index is 5.96. The molecule has 3 aliphatic heterocycles. The number of hydrogen-bond donors (Lipinski definition) is 0. The lowest BCUT2D eigenvalue weighted by molar-refractivity contribution is -0.189. The SMILES string of the molecule is CC1(C)OB(C2=CCC3(CO2)OCCO3)OC1(C)C. The van der Waals surface area contributed by atoms with Crippen LogP contribution in [0, 0.1) is 0 Å². The van der Waals surface area contributed by atoms with Crippen LogP contribution < -0.4 is 0 Å². The summed E-state index contributed by atoms with van der Waals surface area (Å²) < 4.78 is 28.9. The van der Waals surface area contributed by atoms with Crippen molar-refractivity contribution in [1.82, 2.24) is 0 Å². The molecule has 0 bridgehead atoms. The summed E-state index contributed by atoms with van der Waals surface area (Å²) >= 11 is 0. The lowest BCUT2D eigenvalue weighted by atomic mass is 9.84. The molecule has 19 heavy (non-hydrogen) atoms. The topological polar surface area (TPSA) is 46.2 Å². The molecule has 1 spiro atoms. The van der Waals surface area contributed by atoms with Gasteiger partial charge in [-0.05, 0) is 33.8 Å². The van der Waals surface area contributed by atoms with Crippen LogP contribution in [0.25, 0.3) is 0 Å².